The van der Waals surface area contributed by atoms with E-state index in [-0.39, 0.29) is 24.2 Å². The molecule has 51 heavy (non-hydrogen) atoms. The number of phenolic OH excluding ortho intramolecular Hbond substituents is 1. The van der Waals surface area contributed by atoms with Gasteiger partial charge in [0.1, 0.15) is 24.1 Å². The molecule has 10 nitrogen and oxygen atoms in total. The summed E-state index contributed by atoms with van der Waals surface area (Å²) in [5.74, 6) is -0.969. The smallest absolute Gasteiger partial charge is 0.262 e. The van der Waals surface area contributed by atoms with Crippen LogP contribution in [0.25, 0.3) is 11.1 Å². The van der Waals surface area contributed by atoms with Crippen molar-refractivity contribution in [2.45, 2.75) is 32.2 Å². The summed E-state index contributed by atoms with van der Waals surface area (Å²) in [6.07, 6.45) is 1.07. The number of benzene rings is 4. The average Bonchev–Trinajstić information content (AvgIpc) is 3.40. The molecule has 0 aliphatic carbocycles. The number of anilines is 1. The number of amides is 4. The lowest BCUT2D eigenvalue weighted by atomic mass is 9.88. The first-order valence-corrected chi connectivity index (χ1v) is 17.4. The molecule has 4 amide bonds. The van der Waals surface area contributed by atoms with Gasteiger partial charge in [-0.25, -0.2) is 0 Å². The Bertz CT molecular complexity index is 1980. The van der Waals surface area contributed by atoms with Crippen molar-refractivity contribution in [1.82, 2.24) is 15.1 Å². The van der Waals surface area contributed by atoms with E-state index >= 15 is 0 Å². The number of piperazine rings is 1. The molecule has 0 aromatic heterocycles. The Morgan fingerprint density at radius 1 is 0.784 bits per heavy atom. The number of aromatic hydroxyl groups is 1. The van der Waals surface area contributed by atoms with Gasteiger partial charge in [-0.3, -0.25) is 34.3 Å². The summed E-state index contributed by atoms with van der Waals surface area (Å²) in [5.41, 5.74) is 7.06. The number of phenols is 1. The number of hydrogen-bond donors (Lipinski definition) is 2. The van der Waals surface area contributed by atoms with Crippen molar-refractivity contribution in [3.05, 3.63) is 125 Å². The Balaban J connectivity index is 0.951. The van der Waals surface area contributed by atoms with Gasteiger partial charge in [0.2, 0.25) is 11.8 Å². The van der Waals surface area contributed by atoms with Crippen molar-refractivity contribution < 1.29 is 29.0 Å². The molecule has 7 rings (SSSR count). The van der Waals surface area contributed by atoms with Gasteiger partial charge in [0.05, 0.1) is 11.1 Å². The standard InChI is InChI=1S/C41H40N4O6/c1-2-33(27-6-4-3-5-7-27)38(28-8-13-31(46)14-9-28)29-10-15-32(16-11-29)51-25-24-43-20-22-44(23-21-43)30-12-17-34-35(26-30)41(50)45(40(34)49)36-18-19-37(47)42-39(36)48/h3-17,26,36,46H,2,18-25H2,1H3,(H,42,47,48)/b38-33-. The number of imide groups is 2. The molecule has 0 spiro atoms. The van der Waals surface area contributed by atoms with E-state index in [1.807, 2.05) is 36.4 Å². The average molecular weight is 685 g/mol. The van der Waals surface area contributed by atoms with E-state index in [4.69, 9.17) is 4.74 Å². The quantitative estimate of drug-likeness (QED) is 0.169. The van der Waals surface area contributed by atoms with E-state index in [1.54, 1.807) is 24.3 Å². The van der Waals surface area contributed by atoms with Crippen molar-refractivity contribution in [1.29, 1.82) is 0 Å². The van der Waals surface area contributed by atoms with Crippen molar-refractivity contribution in [3.8, 4) is 11.5 Å². The number of carbonyl (C=O) groups is 4. The summed E-state index contributed by atoms with van der Waals surface area (Å²) in [6.45, 7) is 6.59. The molecule has 3 heterocycles. The van der Waals surface area contributed by atoms with Crippen LogP contribution in [0.3, 0.4) is 0 Å². The number of carbonyl (C=O) groups excluding carboxylic acids is 4. The minimum Gasteiger partial charge on any atom is -0.508 e. The van der Waals surface area contributed by atoms with Gasteiger partial charge in [-0.05, 0) is 83.1 Å². The Hall–Kier alpha value is -5.74. The predicted molar refractivity (Wildman–Crippen MR) is 194 cm³/mol. The zero-order valence-electron chi connectivity index (χ0n) is 28.5. The zero-order valence-corrected chi connectivity index (χ0v) is 28.5. The Morgan fingerprint density at radius 2 is 1.45 bits per heavy atom. The fourth-order valence-corrected chi connectivity index (χ4v) is 7.20. The third kappa shape index (κ3) is 7.00. The maximum atomic E-state index is 13.3. The first-order chi connectivity index (χ1) is 24.8. The van der Waals surface area contributed by atoms with Crippen LogP contribution in [-0.2, 0) is 9.59 Å². The topological polar surface area (TPSA) is 119 Å². The van der Waals surface area contributed by atoms with Crippen LogP contribution in [0, 0.1) is 0 Å². The largest absolute Gasteiger partial charge is 0.508 e. The van der Waals surface area contributed by atoms with Crippen LogP contribution in [0.5, 0.6) is 11.5 Å². The summed E-state index contributed by atoms with van der Waals surface area (Å²) in [5, 5.41) is 12.2. The fourth-order valence-electron chi connectivity index (χ4n) is 7.20. The molecule has 0 saturated carbocycles. The van der Waals surface area contributed by atoms with Gasteiger partial charge in [0.15, 0.2) is 0 Å². The molecule has 2 N–H and O–H groups in total. The van der Waals surface area contributed by atoms with Gasteiger partial charge in [0, 0.05) is 44.8 Å². The number of nitrogens with zero attached hydrogens (tertiary/aromatic N) is 3. The van der Waals surface area contributed by atoms with Crippen LogP contribution in [-0.4, -0.2) is 83.9 Å². The molecular formula is C41H40N4O6. The monoisotopic (exact) mass is 684 g/mol. The molecule has 1 atom stereocenters. The number of allylic oxidation sites excluding steroid dienone is 1. The maximum absolute atomic E-state index is 13.3. The number of nitrogens with one attached hydrogen (secondary N) is 1. The summed E-state index contributed by atoms with van der Waals surface area (Å²) < 4.78 is 6.17. The van der Waals surface area contributed by atoms with E-state index in [0.717, 1.165) is 72.2 Å². The molecule has 4 aromatic rings. The third-order valence-electron chi connectivity index (χ3n) is 9.91. The second-order valence-electron chi connectivity index (χ2n) is 13.0. The molecular weight excluding hydrogens is 644 g/mol. The SMILES string of the molecule is CC/C(=C(\c1ccc(O)cc1)c1ccc(OCCN2CCN(c3ccc4c(c3)C(=O)N(C3CCC(=O)NC3=O)C4=O)CC2)cc1)c1ccccc1. The minimum absolute atomic E-state index is 0.0895. The third-order valence-corrected chi connectivity index (χ3v) is 9.91. The number of rotatable bonds is 10. The highest BCUT2D eigenvalue weighted by Crippen LogP contribution is 2.36. The van der Waals surface area contributed by atoms with Gasteiger partial charge in [-0.2, -0.15) is 0 Å². The van der Waals surface area contributed by atoms with Gasteiger partial charge in [-0.1, -0.05) is 61.5 Å². The normalized spacial score (nSPS) is 18.4. The van der Waals surface area contributed by atoms with Crippen LogP contribution in [0.1, 0.15) is 63.6 Å². The number of ether oxygens (including phenoxy) is 1. The molecule has 0 radical (unpaired) electrons. The number of fused-ring (bicyclic) bond motifs is 1. The van der Waals surface area contributed by atoms with E-state index < -0.39 is 29.7 Å². The summed E-state index contributed by atoms with van der Waals surface area (Å²) >= 11 is 0. The zero-order chi connectivity index (χ0) is 35.5. The van der Waals surface area contributed by atoms with E-state index in [9.17, 15) is 24.3 Å². The molecule has 1 unspecified atom stereocenters. The first kappa shape index (κ1) is 33.7. The van der Waals surface area contributed by atoms with Crippen LogP contribution < -0.4 is 15.0 Å². The van der Waals surface area contributed by atoms with Gasteiger partial charge in [0.25, 0.3) is 11.8 Å². The van der Waals surface area contributed by atoms with E-state index in [1.165, 1.54) is 11.1 Å². The number of hydrogen-bond acceptors (Lipinski definition) is 8. The van der Waals surface area contributed by atoms with Crippen molar-refractivity contribution in [2.75, 3.05) is 44.2 Å². The fraction of sp³-hybridized carbons (Fsp3) is 0.268. The lowest BCUT2D eigenvalue weighted by Crippen LogP contribution is -2.54. The minimum atomic E-state index is -0.976. The molecule has 2 saturated heterocycles. The summed E-state index contributed by atoms with van der Waals surface area (Å²) in [7, 11) is 0. The van der Waals surface area contributed by atoms with Crippen LogP contribution in [0.15, 0.2) is 97.1 Å². The van der Waals surface area contributed by atoms with Gasteiger partial charge >= 0.3 is 0 Å². The maximum Gasteiger partial charge on any atom is 0.262 e. The second kappa shape index (κ2) is 14.6. The van der Waals surface area contributed by atoms with E-state index in [2.05, 4.69) is 58.4 Å². The van der Waals surface area contributed by atoms with Crippen molar-refractivity contribution in [3.63, 3.8) is 0 Å². The molecule has 2 fully saturated rings. The second-order valence-corrected chi connectivity index (χ2v) is 13.0. The Morgan fingerprint density at radius 3 is 2.12 bits per heavy atom. The lowest BCUT2D eigenvalue weighted by Gasteiger charge is -2.36. The summed E-state index contributed by atoms with van der Waals surface area (Å²) in [6, 6.07) is 30.2. The molecule has 4 aromatic carbocycles. The Labute approximate surface area is 296 Å². The van der Waals surface area contributed by atoms with Gasteiger partial charge < -0.3 is 14.7 Å². The molecule has 3 aliphatic rings. The molecule has 0 bridgehead atoms. The first-order valence-electron chi connectivity index (χ1n) is 17.4. The highest BCUT2D eigenvalue weighted by Gasteiger charge is 2.44. The highest BCUT2D eigenvalue weighted by molar-refractivity contribution is 6.23. The molecule has 10 heteroatoms. The van der Waals surface area contributed by atoms with Crippen molar-refractivity contribution >= 4 is 40.5 Å². The number of piperidine rings is 1. The van der Waals surface area contributed by atoms with E-state index in [0.29, 0.717) is 12.2 Å². The van der Waals surface area contributed by atoms with Crippen molar-refractivity contribution in [2.24, 2.45) is 0 Å². The Kier molecular flexibility index (Phi) is 9.68. The highest BCUT2D eigenvalue weighted by atomic mass is 16.5. The summed E-state index contributed by atoms with van der Waals surface area (Å²) in [4.78, 5) is 55.9. The van der Waals surface area contributed by atoms with Crippen LogP contribution in [0.4, 0.5) is 5.69 Å². The molecule has 260 valence electrons. The predicted octanol–water partition coefficient (Wildman–Crippen LogP) is 5.36. The van der Waals surface area contributed by atoms with Crippen LogP contribution >= 0.6 is 0 Å². The van der Waals surface area contributed by atoms with Gasteiger partial charge in [-0.15, -0.1) is 0 Å². The molecule has 3 aliphatic heterocycles. The van der Waals surface area contributed by atoms with Crippen LogP contribution in [0.2, 0.25) is 0 Å². The lowest BCUT2D eigenvalue weighted by molar-refractivity contribution is -0.136.